The lowest BCUT2D eigenvalue weighted by molar-refractivity contribution is 0.0699. The maximum Gasteiger partial charge on any atom is 0.337 e. The third-order valence-corrected chi connectivity index (χ3v) is 4.19. The number of hydrogen-bond donors (Lipinski definition) is 1. The molecule has 1 aliphatic rings. The Kier molecular flexibility index (Phi) is 4.42. The number of aryl methyl sites for hydroxylation is 1. The number of fused-ring (bicyclic) bond motifs is 1. The van der Waals surface area contributed by atoms with Crippen molar-refractivity contribution in [1.29, 1.82) is 0 Å². The average molecular weight is 311 g/mol. The first-order valence-electron chi connectivity index (χ1n) is 6.90. The normalized spacial score (nSPS) is 15.1. The summed E-state index contributed by atoms with van der Waals surface area (Å²) < 4.78 is 7.36. The molecular formula is C15H19ClN2O3. The summed E-state index contributed by atoms with van der Waals surface area (Å²) in [5.41, 5.74) is 1.54. The summed E-state index contributed by atoms with van der Waals surface area (Å²) in [5.74, 6) is 1.13. The van der Waals surface area contributed by atoms with Crippen LogP contribution >= 0.6 is 12.4 Å². The van der Waals surface area contributed by atoms with E-state index in [9.17, 15) is 9.90 Å². The molecule has 0 spiro atoms. The van der Waals surface area contributed by atoms with Gasteiger partial charge in [0.05, 0.1) is 12.7 Å². The molecule has 1 N–H and O–H groups in total. The standard InChI is InChI=1S/C15H18N2O3.ClH/c1-17-13-11(20-2)8-7-10(15(18)19)12(13)16-14(17)9-5-3-4-6-9;/h7-9H,3-6H2,1-2H3,(H,18,19);1H. The average Bonchev–Trinajstić information content (AvgIpc) is 3.05. The second-order valence-electron chi connectivity index (χ2n) is 5.33. The molecule has 1 fully saturated rings. The van der Waals surface area contributed by atoms with Gasteiger partial charge < -0.3 is 14.4 Å². The number of halogens is 1. The molecule has 3 rings (SSSR count). The number of rotatable bonds is 3. The molecule has 1 aliphatic carbocycles. The van der Waals surface area contributed by atoms with E-state index in [-0.39, 0.29) is 18.0 Å². The van der Waals surface area contributed by atoms with Crippen LogP contribution in [0.5, 0.6) is 5.75 Å². The Morgan fingerprint density at radius 3 is 2.62 bits per heavy atom. The van der Waals surface area contributed by atoms with Gasteiger partial charge in [-0.1, -0.05) is 12.8 Å². The number of methoxy groups -OCH3 is 1. The van der Waals surface area contributed by atoms with Gasteiger partial charge in [-0.25, -0.2) is 9.78 Å². The molecule has 0 unspecified atom stereocenters. The molecule has 0 radical (unpaired) electrons. The van der Waals surface area contributed by atoms with E-state index in [1.54, 1.807) is 19.2 Å². The fraction of sp³-hybridized carbons (Fsp3) is 0.467. The summed E-state index contributed by atoms with van der Waals surface area (Å²) in [4.78, 5) is 16.0. The molecule has 1 aromatic carbocycles. The number of aromatic nitrogens is 2. The number of ether oxygens (including phenoxy) is 1. The Bertz CT molecular complexity index is 675. The lowest BCUT2D eigenvalue weighted by Gasteiger charge is -2.10. The van der Waals surface area contributed by atoms with Crippen molar-refractivity contribution in [3.05, 3.63) is 23.5 Å². The maximum atomic E-state index is 11.4. The highest BCUT2D eigenvalue weighted by molar-refractivity contribution is 6.03. The van der Waals surface area contributed by atoms with Crippen LogP contribution in [-0.2, 0) is 7.05 Å². The van der Waals surface area contributed by atoms with Crippen LogP contribution in [0, 0.1) is 0 Å². The van der Waals surface area contributed by atoms with Crippen LogP contribution in [0.4, 0.5) is 0 Å². The number of hydrogen-bond acceptors (Lipinski definition) is 3. The highest BCUT2D eigenvalue weighted by atomic mass is 35.5. The number of carboxylic acids is 1. The van der Waals surface area contributed by atoms with Crippen molar-refractivity contribution in [2.75, 3.05) is 7.11 Å². The first-order chi connectivity index (χ1) is 9.63. The van der Waals surface area contributed by atoms with Gasteiger partial charge in [-0.3, -0.25) is 0 Å². The lowest BCUT2D eigenvalue weighted by Crippen LogP contribution is -2.03. The molecule has 21 heavy (non-hydrogen) atoms. The minimum Gasteiger partial charge on any atom is -0.494 e. The molecule has 0 saturated heterocycles. The number of benzene rings is 1. The number of imidazole rings is 1. The Balaban J connectivity index is 0.00000161. The van der Waals surface area contributed by atoms with E-state index in [1.807, 2.05) is 11.6 Å². The van der Waals surface area contributed by atoms with E-state index in [0.717, 1.165) is 24.2 Å². The quantitative estimate of drug-likeness (QED) is 0.944. The smallest absolute Gasteiger partial charge is 0.337 e. The molecule has 2 aromatic rings. The van der Waals surface area contributed by atoms with Gasteiger partial charge in [-0.15, -0.1) is 12.4 Å². The predicted molar refractivity (Wildman–Crippen MR) is 82.7 cm³/mol. The van der Waals surface area contributed by atoms with E-state index in [4.69, 9.17) is 4.74 Å². The zero-order chi connectivity index (χ0) is 14.3. The second-order valence-corrected chi connectivity index (χ2v) is 5.33. The van der Waals surface area contributed by atoms with Gasteiger partial charge in [0.25, 0.3) is 0 Å². The van der Waals surface area contributed by atoms with Gasteiger partial charge in [-0.05, 0) is 25.0 Å². The van der Waals surface area contributed by atoms with Crippen LogP contribution in [0.3, 0.4) is 0 Å². The summed E-state index contributed by atoms with van der Waals surface area (Å²) in [5, 5.41) is 9.32. The van der Waals surface area contributed by atoms with Crippen molar-refractivity contribution < 1.29 is 14.6 Å². The van der Waals surface area contributed by atoms with E-state index in [2.05, 4.69) is 4.98 Å². The SMILES string of the molecule is COc1ccc(C(=O)O)c2nc(C3CCCC3)n(C)c12.Cl. The summed E-state index contributed by atoms with van der Waals surface area (Å²) >= 11 is 0. The van der Waals surface area contributed by atoms with E-state index in [0.29, 0.717) is 17.2 Å². The Labute approximate surface area is 129 Å². The Morgan fingerprint density at radius 1 is 1.38 bits per heavy atom. The predicted octanol–water partition coefficient (Wildman–Crippen LogP) is 3.36. The molecule has 0 bridgehead atoms. The monoisotopic (exact) mass is 310 g/mol. The first kappa shape index (κ1) is 15.6. The van der Waals surface area contributed by atoms with Gasteiger partial charge in [0.15, 0.2) is 0 Å². The minimum absolute atomic E-state index is 0. The van der Waals surface area contributed by atoms with E-state index in [1.165, 1.54) is 12.8 Å². The zero-order valence-electron chi connectivity index (χ0n) is 12.1. The van der Waals surface area contributed by atoms with Crippen molar-refractivity contribution in [1.82, 2.24) is 9.55 Å². The van der Waals surface area contributed by atoms with Crippen LogP contribution in [0.1, 0.15) is 47.8 Å². The molecule has 0 aliphatic heterocycles. The summed E-state index contributed by atoms with van der Waals surface area (Å²) in [7, 11) is 3.54. The van der Waals surface area contributed by atoms with Crippen LogP contribution in [0.15, 0.2) is 12.1 Å². The van der Waals surface area contributed by atoms with Crippen LogP contribution < -0.4 is 4.74 Å². The zero-order valence-corrected chi connectivity index (χ0v) is 12.9. The largest absolute Gasteiger partial charge is 0.494 e. The van der Waals surface area contributed by atoms with Gasteiger partial charge in [-0.2, -0.15) is 0 Å². The van der Waals surface area contributed by atoms with Crippen molar-refractivity contribution in [3.8, 4) is 5.75 Å². The Hall–Kier alpha value is -1.75. The first-order valence-corrected chi connectivity index (χ1v) is 6.90. The number of nitrogens with zero attached hydrogens (tertiary/aromatic N) is 2. The minimum atomic E-state index is -0.950. The van der Waals surface area contributed by atoms with Gasteiger partial charge in [0.1, 0.15) is 22.6 Å². The Morgan fingerprint density at radius 2 is 2.05 bits per heavy atom. The molecular weight excluding hydrogens is 292 g/mol. The third kappa shape index (κ3) is 2.46. The van der Waals surface area contributed by atoms with Crippen LogP contribution in [0.2, 0.25) is 0 Å². The summed E-state index contributed by atoms with van der Waals surface area (Å²) in [6.07, 6.45) is 4.69. The van der Waals surface area contributed by atoms with Gasteiger partial charge in [0, 0.05) is 13.0 Å². The highest BCUT2D eigenvalue weighted by Crippen LogP contribution is 2.37. The van der Waals surface area contributed by atoms with Gasteiger partial charge in [0.2, 0.25) is 0 Å². The van der Waals surface area contributed by atoms with Crippen molar-refractivity contribution in [2.45, 2.75) is 31.6 Å². The fourth-order valence-electron chi connectivity index (χ4n) is 3.19. The number of carboxylic acid groups (broad SMARTS) is 1. The number of carbonyl (C=O) groups is 1. The molecule has 1 aromatic heterocycles. The van der Waals surface area contributed by atoms with Crippen molar-refractivity contribution in [2.24, 2.45) is 7.05 Å². The van der Waals surface area contributed by atoms with Crippen LogP contribution in [-0.4, -0.2) is 27.7 Å². The molecule has 0 amide bonds. The molecule has 1 saturated carbocycles. The summed E-state index contributed by atoms with van der Waals surface area (Å²) in [6.45, 7) is 0. The molecule has 114 valence electrons. The fourth-order valence-corrected chi connectivity index (χ4v) is 3.19. The molecule has 1 heterocycles. The van der Waals surface area contributed by atoms with Crippen molar-refractivity contribution in [3.63, 3.8) is 0 Å². The summed E-state index contributed by atoms with van der Waals surface area (Å²) in [6, 6.07) is 3.26. The molecule has 5 nitrogen and oxygen atoms in total. The molecule has 0 atom stereocenters. The lowest BCUT2D eigenvalue weighted by atomic mass is 10.1. The van der Waals surface area contributed by atoms with Gasteiger partial charge >= 0.3 is 5.97 Å². The number of aromatic carboxylic acids is 1. The molecule has 6 heteroatoms. The van der Waals surface area contributed by atoms with E-state index < -0.39 is 5.97 Å². The third-order valence-electron chi connectivity index (χ3n) is 4.19. The highest BCUT2D eigenvalue weighted by Gasteiger charge is 2.25. The topological polar surface area (TPSA) is 64.3 Å². The van der Waals surface area contributed by atoms with Crippen molar-refractivity contribution >= 4 is 29.4 Å². The second kappa shape index (κ2) is 5.93. The van der Waals surface area contributed by atoms with Crippen LogP contribution in [0.25, 0.3) is 11.0 Å². The van der Waals surface area contributed by atoms with E-state index >= 15 is 0 Å². The maximum absolute atomic E-state index is 11.4.